The van der Waals surface area contributed by atoms with Gasteiger partial charge in [-0.25, -0.2) is 0 Å². The smallest absolute Gasteiger partial charge is 0.0974 e. The maximum atomic E-state index is 10.1. The Hall–Kier alpha value is -1.19. The van der Waals surface area contributed by atoms with E-state index in [1.54, 1.807) is 6.20 Å². The highest BCUT2D eigenvalue weighted by molar-refractivity contribution is 9.10. The molecule has 0 aliphatic rings. The minimum Gasteiger partial charge on any atom is -0.387 e. The fraction of sp³-hybridized carbons (Fsp3) is 0.214. The van der Waals surface area contributed by atoms with Gasteiger partial charge >= 0.3 is 0 Å². The number of halogens is 1. The van der Waals surface area contributed by atoms with Crippen LogP contribution in [0.5, 0.6) is 0 Å². The lowest BCUT2D eigenvalue weighted by atomic mass is 10.0. The van der Waals surface area contributed by atoms with Crippen molar-refractivity contribution >= 4 is 15.9 Å². The molecule has 3 heteroatoms. The molecule has 1 unspecified atom stereocenters. The van der Waals surface area contributed by atoms with E-state index in [-0.39, 0.29) is 0 Å². The summed E-state index contributed by atoms with van der Waals surface area (Å²) in [4.78, 5) is 4.19. The van der Waals surface area contributed by atoms with Gasteiger partial charge in [-0.3, -0.25) is 4.98 Å². The highest BCUT2D eigenvalue weighted by atomic mass is 79.9. The molecule has 0 saturated heterocycles. The quantitative estimate of drug-likeness (QED) is 0.935. The molecule has 0 aliphatic carbocycles. The van der Waals surface area contributed by atoms with E-state index in [2.05, 4.69) is 33.0 Å². The zero-order valence-corrected chi connectivity index (χ0v) is 11.0. The summed E-state index contributed by atoms with van der Waals surface area (Å²) >= 11 is 3.40. The van der Waals surface area contributed by atoms with Crippen LogP contribution in [0.4, 0.5) is 0 Å². The van der Waals surface area contributed by atoms with Crippen LogP contribution in [0.3, 0.4) is 0 Å². The molecule has 1 aromatic carbocycles. The van der Waals surface area contributed by atoms with E-state index in [9.17, 15) is 5.11 Å². The summed E-state index contributed by atoms with van der Waals surface area (Å²) in [5.74, 6) is 0. The topological polar surface area (TPSA) is 33.1 Å². The highest BCUT2D eigenvalue weighted by Gasteiger charge is 2.12. The van der Waals surface area contributed by atoms with Crippen LogP contribution in [-0.2, 0) is 6.42 Å². The largest absolute Gasteiger partial charge is 0.387 e. The summed E-state index contributed by atoms with van der Waals surface area (Å²) in [5.41, 5.74) is 1.95. The van der Waals surface area contributed by atoms with Gasteiger partial charge in [0, 0.05) is 10.7 Å². The molecule has 88 valence electrons. The number of aromatic nitrogens is 1. The van der Waals surface area contributed by atoms with Gasteiger partial charge in [0.05, 0.1) is 11.8 Å². The summed E-state index contributed by atoms with van der Waals surface area (Å²) in [6, 6.07) is 13.9. The average Bonchev–Trinajstić information content (AvgIpc) is 2.38. The third kappa shape index (κ3) is 3.38. The first-order valence-corrected chi connectivity index (χ1v) is 6.39. The Labute approximate surface area is 109 Å². The molecular weight excluding hydrogens is 278 g/mol. The van der Waals surface area contributed by atoms with Crippen molar-refractivity contribution in [1.29, 1.82) is 0 Å². The molecule has 0 aliphatic heterocycles. The fourth-order valence-electron chi connectivity index (χ4n) is 1.73. The van der Waals surface area contributed by atoms with Crippen LogP contribution >= 0.6 is 15.9 Å². The van der Waals surface area contributed by atoms with Crippen molar-refractivity contribution < 1.29 is 5.11 Å². The number of nitrogens with zero attached hydrogens (tertiary/aromatic N) is 1. The Kier molecular flexibility index (Phi) is 4.29. The first kappa shape index (κ1) is 12.3. The third-order valence-corrected chi connectivity index (χ3v) is 3.32. The molecular formula is C14H14BrNO. The van der Waals surface area contributed by atoms with Crippen molar-refractivity contribution in [2.24, 2.45) is 0 Å². The lowest BCUT2D eigenvalue weighted by Crippen LogP contribution is -2.03. The molecule has 1 heterocycles. The van der Waals surface area contributed by atoms with E-state index in [1.165, 1.54) is 5.56 Å². The highest BCUT2D eigenvalue weighted by Crippen LogP contribution is 2.24. The van der Waals surface area contributed by atoms with Crippen molar-refractivity contribution in [2.45, 2.75) is 18.9 Å². The number of benzene rings is 1. The predicted octanol–water partition coefficient (Wildman–Crippen LogP) is 3.51. The molecule has 0 amide bonds. The van der Waals surface area contributed by atoms with Gasteiger partial charge in [-0.2, -0.15) is 0 Å². The van der Waals surface area contributed by atoms with E-state index in [1.807, 2.05) is 30.3 Å². The van der Waals surface area contributed by atoms with Gasteiger partial charge in [0.1, 0.15) is 0 Å². The number of aliphatic hydroxyl groups excluding tert-OH is 1. The first-order valence-electron chi connectivity index (χ1n) is 5.60. The minimum absolute atomic E-state index is 0.522. The summed E-state index contributed by atoms with van der Waals surface area (Å²) in [5, 5.41) is 10.1. The van der Waals surface area contributed by atoms with Crippen LogP contribution in [0.25, 0.3) is 0 Å². The monoisotopic (exact) mass is 291 g/mol. The molecule has 2 rings (SSSR count). The Bertz CT molecular complexity index is 473. The maximum absolute atomic E-state index is 10.1. The maximum Gasteiger partial charge on any atom is 0.0974 e. The van der Waals surface area contributed by atoms with E-state index in [0.717, 1.165) is 10.9 Å². The van der Waals surface area contributed by atoms with Crippen LogP contribution < -0.4 is 0 Å². The Balaban J connectivity index is 1.99. The van der Waals surface area contributed by atoms with Gasteiger partial charge < -0.3 is 5.11 Å². The molecule has 0 spiro atoms. The van der Waals surface area contributed by atoms with Gasteiger partial charge in [-0.15, -0.1) is 0 Å². The molecule has 0 bridgehead atoms. The molecule has 17 heavy (non-hydrogen) atoms. The summed E-state index contributed by atoms with van der Waals surface area (Å²) < 4.78 is 0.862. The van der Waals surface area contributed by atoms with Gasteiger partial charge in [0.25, 0.3) is 0 Å². The molecule has 0 saturated carbocycles. The summed E-state index contributed by atoms with van der Waals surface area (Å²) in [7, 11) is 0. The van der Waals surface area contributed by atoms with Crippen LogP contribution in [0.1, 0.15) is 23.8 Å². The zero-order chi connectivity index (χ0) is 12.1. The Morgan fingerprint density at radius 1 is 1.12 bits per heavy atom. The second-order valence-electron chi connectivity index (χ2n) is 3.91. The van der Waals surface area contributed by atoms with Crippen molar-refractivity contribution in [2.75, 3.05) is 0 Å². The zero-order valence-electron chi connectivity index (χ0n) is 9.38. The van der Waals surface area contributed by atoms with Crippen LogP contribution in [0.2, 0.25) is 0 Å². The number of aliphatic hydroxyl groups is 1. The van der Waals surface area contributed by atoms with E-state index >= 15 is 0 Å². The van der Waals surface area contributed by atoms with Crippen LogP contribution in [-0.4, -0.2) is 10.1 Å². The molecule has 2 nitrogen and oxygen atoms in total. The second-order valence-corrected chi connectivity index (χ2v) is 4.76. The lowest BCUT2D eigenvalue weighted by molar-refractivity contribution is 0.162. The number of pyridine rings is 1. The third-order valence-electron chi connectivity index (χ3n) is 2.65. The standard InChI is InChI=1S/C14H14BrNO/c15-12-7-4-10-16-14(12)13(17)9-8-11-5-2-1-3-6-11/h1-7,10,13,17H,8-9H2. The number of rotatable bonds is 4. The summed E-state index contributed by atoms with van der Waals surface area (Å²) in [6.07, 6.45) is 2.71. The van der Waals surface area contributed by atoms with Gasteiger partial charge in [0.15, 0.2) is 0 Å². The molecule has 2 aromatic rings. The normalized spacial score (nSPS) is 12.4. The van der Waals surface area contributed by atoms with Crippen LogP contribution in [0.15, 0.2) is 53.1 Å². The van der Waals surface area contributed by atoms with E-state index in [4.69, 9.17) is 0 Å². The average molecular weight is 292 g/mol. The molecule has 0 fully saturated rings. The van der Waals surface area contributed by atoms with Gasteiger partial charge in [-0.1, -0.05) is 30.3 Å². The molecule has 1 aromatic heterocycles. The first-order chi connectivity index (χ1) is 8.27. The lowest BCUT2D eigenvalue weighted by Gasteiger charge is -2.11. The molecule has 1 atom stereocenters. The minimum atomic E-state index is -0.522. The van der Waals surface area contributed by atoms with Gasteiger partial charge in [-0.05, 0) is 46.5 Å². The second kappa shape index (κ2) is 5.94. The Morgan fingerprint density at radius 2 is 1.88 bits per heavy atom. The van der Waals surface area contributed by atoms with Crippen LogP contribution in [0, 0.1) is 0 Å². The Morgan fingerprint density at radius 3 is 2.59 bits per heavy atom. The molecule has 1 N–H and O–H groups in total. The van der Waals surface area contributed by atoms with Crippen molar-refractivity contribution in [3.8, 4) is 0 Å². The number of hydrogen-bond donors (Lipinski definition) is 1. The molecule has 0 radical (unpaired) electrons. The predicted molar refractivity (Wildman–Crippen MR) is 71.7 cm³/mol. The SMILES string of the molecule is OC(CCc1ccccc1)c1ncccc1Br. The van der Waals surface area contributed by atoms with Crippen molar-refractivity contribution in [1.82, 2.24) is 4.98 Å². The van der Waals surface area contributed by atoms with E-state index < -0.39 is 6.10 Å². The number of hydrogen-bond acceptors (Lipinski definition) is 2. The fourth-order valence-corrected chi connectivity index (χ4v) is 2.25. The van der Waals surface area contributed by atoms with Crippen molar-refractivity contribution in [3.05, 3.63) is 64.4 Å². The van der Waals surface area contributed by atoms with E-state index in [0.29, 0.717) is 12.1 Å². The number of aryl methyl sites for hydroxylation is 1. The summed E-state index contributed by atoms with van der Waals surface area (Å²) in [6.45, 7) is 0. The van der Waals surface area contributed by atoms with Crippen molar-refractivity contribution in [3.63, 3.8) is 0 Å². The van der Waals surface area contributed by atoms with Gasteiger partial charge in [0.2, 0.25) is 0 Å².